The molecule has 2 aromatic rings. The molecular weight excluding hydrogens is 498 g/mol. The maximum atomic E-state index is 13.2. The minimum Gasteiger partial charge on any atom is -0.488 e. The molecule has 1 aromatic carbocycles. The Balaban J connectivity index is 1.46. The lowest BCUT2D eigenvalue weighted by atomic mass is 10.1. The van der Waals surface area contributed by atoms with Gasteiger partial charge in [0, 0.05) is 23.8 Å². The number of amides is 1. The van der Waals surface area contributed by atoms with Crippen molar-refractivity contribution >= 4 is 40.5 Å². The number of likely N-dealkylation sites (tertiary alicyclic amines) is 1. The fourth-order valence-electron chi connectivity index (χ4n) is 4.81. The molecule has 3 aliphatic rings. The summed E-state index contributed by atoms with van der Waals surface area (Å²) in [4.78, 5) is 36.5. The van der Waals surface area contributed by atoms with Crippen molar-refractivity contribution in [1.82, 2.24) is 9.88 Å². The highest BCUT2D eigenvalue weighted by molar-refractivity contribution is 6.35. The second kappa shape index (κ2) is 9.20. The predicted molar refractivity (Wildman–Crippen MR) is 138 cm³/mol. The summed E-state index contributed by atoms with van der Waals surface area (Å²) in [5.41, 5.74) is -1.06. The number of pyridine rings is 1. The molecule has 2 aliphatic heterocycles. The highest BCUT2D eigenvalue weighted by atomic mass is 35.5. The van der Waals surface area contributed by atoms with E-state index in [1.54, 1.807) is 39.0 Å². The summed E-state index contributed by atoms with van der Waals surface area (Å²) in [6, 6.07) is 6.54. The monoisotopic (exact) mass is 527 g/mol. The molecule has 37 heavy (non-hydrogen) atoms. The molecule has 196 valence electrons. The number of cyclic esters (lactones) is 1. The molecule has 10 heteroatoms. The molecule has 1 unspecified atom stereocenters. The van der Waals surface area contributed by atoms with E-state index in [0.29, 0.717) is 41.6 Å². The molecule has 5 rings (SSSR count). The van der Waals surface area contributed by atoms with Crippen molar-refractivity contribution in [3.05, 3.63) is 41.9 Å². The summed E-state index contributed by atoms with van der Waals surface area (Å²) >= 11 is 6.41. The van der Waals surface area contributed by atoms with Crippen LogP contribution in [0.1, 0.15) is 40.5 Å². The number of carbonyl (C=O) groups excluding carboxylic acids is 2. The van der Waals surface area contributed by atoms with Gasteiger partial charge in [-0.1, -0.05) is 23.7 Å². The first kappa shape index (κ1) is 25.3. The summed E-state index contributed by atoms with van der Waals surface area (Å²) < 4.78 is 23.3. The van der Waals surface area contributed by atoms with Gasteiger partial charge in [0.1, 0.15) is 23.5 Å². The molecule has 0 radical (unpaired) electrons. The molecule has 3 heterocycles. The number of aliphatic imine (C=N–C) groups is 1. The Hall–Kier alpha value is -3.33. The SMILES string of the molecule is C=CC1C[C@@]12N=C([C@@H]1C[C@@H](Oc3cc(OCC)nc4c(Cl)cccc34)CN1C(=O)OC(C)(C)C)OC2=O. The lowest BCUT2D eigenvalue weighted by Gasteiger charge is -2.27. The number of esters is 1. The fraction of sp³-hybridized carbons (Fsp3) is 0.481. The van der Waals surface area contributed by atoms with E-state index < -0.39 is 35.3 Å². The molecule has 1 saturated heterocycles. The first-order chi connectivity index (χ1) is 17.5. The van der Waals surface area contributed by atoms with Gasteiger partial charge in [-0.2, -0.15) is 0 Å². The van der Waals surface area contributed by atoms with Crippen LogP contribution in [0.3, 0.4) is 0 Å². The van der Waals surface area contributed by atoms with E-state index in [9.17, 15) is 9.59 Å². The number of halogens is 1. The quantitative estimate of drug-likeness (QED) is 0.387. The van der Waals surface area contributed by atoms with Crippen molar-refractivity contribution < 1.29 is 28.5 Å². The maximum Gasteiger partial charge on any atom is 0.411 e. The molecule has 0 N–H and O–H groups in total. The number of aromatic nitrogens is 1. The van der Waals surface area contributed by atoms with Crippen LogP contribution in [0.5, 0.6) is 11.6 Å². The van der Waals surface area contributed by atoms with Gasteiger partial charge < -0.3 is 18.9 Å². The highest BCUT2D eigenvalue weighted by Crippen LogP contribution is 2.52. The summed E-state index contributed by atoms with van der Waals surface area (Å²) in [6.45, 7) is 11.7. The van der Waals surface area contributed by atoms with Gasteiger partial charge in [0.25, 0.3) is 0 Å². The van der Waals surface area contributed by atoms with Crippen molar-refractivity contribution in [2.45, 2.75) is 63.8 Å². The van der Waals surface area contributed by atoms with Crippen LogP contribution in [0.4, 0.5) is 4.79 Å². The molecule has 1 aliphatic carbocycles. The molecule has 1 amide bonds. The Morgan fingerprint density at radius 1 is 1.38 bits per heavy atom. The van der Waals surface area contributed by atoms with Crippen molar-refractivity contribution in [2.75, 3.05) is 13.2 Å². The van der Waals surface area contributed by atoms with Crippen LogP contribution in [-0.4, -0.2) is 64.3 Å². The van der Waals surface area contributed by atoms with Gasteiger partial charge in [-0.15, -0.1) is 6.58 Å². The molecule has 1 spiro atoms. The van der Waals surface area contributed by atoms with E-state index in [1.165, 1.54) is 4.90 Å². The van der Waals surface area contributed by atoms with Gasteiger partial charge in [0.2, 0.25) is 11.8 Å². The zero-order valence-electron chi connectivity index (χ0n) is 21.3. The molecular formula is C27H30ClN3O6. The number of hydrogen-bond donors (Lipinski definition) is 0. The number of fused-ring (bicyclic) bond motifs is 1. The Morgan fingerprint density at radius 2 is 2.16 bits per heavy atom. The molecule has 4 atom stereocenters. The van der Waals surface area contributed by atoms with Gasteiger partial charge in [-0.25, -0.2) is 19.6 Å². The number of carbonyl (C=O) groups is 2. The average molecular weight is 528 g/mol. The third-order valence-electron chi connectivity index (χ3n) is 6.62. The minimum absolute atomic E-state index is 0.0640. The largest absolute Gasteiger partial charge is 0.488 e. The maximum absolute atomic E-state index is 13.2. The number of benzene rings is 1. The third kappa shape index (κ3) is 4.72. The molecule has 0 bridgehead atoms. The van der Waals surface area contributed by atoms with E-state index in [2.05, 4.69) is 16.6 Å². The predicted octanol–water partition coefficient (Wildman–Crippen LogP) is 4.94. The van der Waals surface area contributed by atoms with Crippen molar-refractivity contribution in [1.29, 1.82) is 0 Å². The minimum atomic E-state index is -0.917. The first-order valence-corrected chi connectivity index (χ1v) is 12.8. The van der Waals surface area contributed by atoms with E-state index in [1.807, 2.05) is 19.1 Å². The van der Waals surface area contributed by atoms with Crippen LogP contribution in [0.25, 0.3) is 10.9 Å². The van der Waals surface area contributed by atoms with E-state index in [4.69, 9.17) is 30.5 Å². The zero-order valence-corrected chi connectivity index (χ0v) is 22.1. The number of ether oxygens (including phenoxy) is 4. The number of hydrogen-bond acceptors (Lipinski definition) is 8. The number of rotatable bonds is 6. The summed E-state index contributed by atoms with van der Waals surface area (Å²) in [6.07, 6.45) is 1.66. The van der Waals surface area contributed by atoms with Crippen LogP contribution in [-0.2, 0) is 14.3 Å². The normalized spacial score (nSPS) is 26.7. The van der Waals surface area contributed by atoms with Gasteiger partial charge in [0.15, 0.2) is 5.54 Å². The molecule has 1 aromatic heterocycles. The van der Waals surface area contributed by atoms with Gasteiger partial charge in [0.05, 0.1) is 23.7 Å². The van der Waals surface area contributed by atoms with Crippen LogP contribution in [0.15, 0.2) is 41.9 Å². The zero-order chi connectivity index (χ0) is 26.5. The van der Waals surface area contributed by atoms with Gasteiger partial charge in [-0.3, -0.25) is 4.90 Å². The summed E-state index contributed by atoms with van der Waals surface area (Å²) in [5, 5.41) is 1.20. The summed E-state index contributed by atoms with van der Waals surface area (Å²) in [5.74, 6) is 0.658. The second-order valence-corrected chi connectivity index (χ2v) is 10.9. The Kier molecular flexibility index (Phi) is 6.30. The second-order valence-electron chi connectivity index (χ2n) is 10.5. The average Bonchev–Trinajstić information content (AvgIpc) is 3.21. The van der Waals surface area contributed by atoms with Crippen molar-refractivity contribution in [2.24, 2.45) is 10.9 Å². The Bertz CT molecular complexity index is 1310. The fourth-order valence-corrected chi connectivity index (χ4v) is 5.02. The van der Waals surface area contributed by atoms with Crippen molar-refractivity contribution in [3.8, 4) is 11.6 Å². The summed E-state index contributed by atoms with van der Waals surface area (Å²) in [7, 11) is 0. The van der Waals surface area contributed by atoms with Crippen LogP contribution in [0.2, 0.25) is 5.02 Å². The van der Waals surface area contributed by atoms with Gasteiger partial charge in [-0.05, 0) is 46.2 Å². The lowest BCUT2D eigenvalue weighted by molar-refractivity contribution is -0.136. The molecule has 2 fully saturated rings. The lowest BCUT2D eigenvalue weighted by Crippen LogP contribution is -2.44. The van der Waals surface area contributed by atoms with Crippen LogP contribution >= 0.6 is 11.6 Å². The molecule has 1 saturated carbocycles. The first-order valence-electron chi connectivity index (χ1n) is 12.4. The Labute approximate surface area is 220 Å². The smallest absolute Gasteiger partial charge is 0.411 e. The topological polar surface area (TPSA) is 99.6 Å². The highest BCUT2D eigenvalue weighted by Gasteiger charge is 2.65. The van der Waals surface area contributed by atoms with E-state index in [0.717, 1.165) is 5.39 Å². The van der Waals surface area contributed by atoms with E-state index in [-0.39, 0.29) is 18.4 Å². The van der Waals surface area contributed by atoms with Crippen molar-refractivity contribution in [3.63, 3.8) is 0 Å². The van der Waals surface area contributed by atoms with Crippen LogP contribution < -0.4 is 9.47 Å². The van der Waals surface area contributed by atoms with Crippen LogP contribution in [0, 0.1) is 5.92 Å². The van der Waals surface area contributed by atoms with Gasteiger partial charge >= 0.3 is 12.1 Å². The number of para-hydroxylation sites is 1. The third-order valence-corrected chi connectivity index (χ3v) is 6.92. The standard InChI is InChI=1S/C27H30ClN3O6/c1-6-15-13-27(15)24(32)36-23(30-27)19-11-16(14-31(19)25(33)37-26(3,4)5)35-20-12-21(34-7-2)29-22-17(20)9-8-10-18(22)28/h6,8-10,12,15-16,19H,1,7,11,13-14H2,2-5H3/t15?,16-,19+,27-/m1/s1. The van der Waals surface area contributed by atoms with E-state index >= 15 is 0 Å². The molecule has 9 nitrogen and oxygen atoms in total. The Morgan fingerprint density at radius 3 is 2.84 bits per heavy atom. The number of nitrogens with zero attached hydrogens (tertiary/aromatic N) is 3.